The molecule has 124 valence electrons. The zero-order chi connectivity index (χ0) is 16.2. The van der Waals surface area contributed by atoms with Crippen LogP contribution in [0, 0.1) is 17.2 Å². The van der Waals surface area contributed by atoms with Crippen molar-refractivity contribution in [2.24, 2.45) is 5.92 Å². The first-order valence-corrected chi connectivity index (χ1v) is 9.56. The van der Waals surface area contributed by atoms with Crippen LogP contribution in [0.15, 0.2) is 0 Å². The summed E-state index contributed by atoms with van der Waals surface area (Å²) in [7, 11) is 0. The number of anilines is 1. The van der Waals surface area contributed by atoms with Gasteiger partial charge in [-0.05, 0) is 56.7 Å². The Morgan fingerprint density at radius 2 is 2.09 bits per heavy atom. The van der Waals surface area contributed by atoms with Gasteiger partial charge in [-0.15, -0.1) is 11.3 Å². The second-order valence-corrected chi connectivity index (χ2v) is 8.01. The maximum absolute atomic E-state index is 12.4. The van der Waals surface area contributed by atoms with Crippen molar-refractivity contribution in [3.05, 3.63) is 16.0 Å². The van der Waals surface area contributed by atoms with Gasteiger partial charge in [-0.3, -0.25) is 9.69 Å². The van der Waals surface area contributed by atoms with E-state index in [2.05, 4.69) is 23.2 Å². The second kappa shape index (κ2) is 7.46. The maximum atomic E-state index is 12.4. The molecule has 0 spiro atoms. The van der Waals surface area contributed by atoms with Crippen LogP contribution in [0.2, 0.25) is 0 Å². The highest BCUT2D eigenvalue weighted by molar-refractivity contribution is 7.16. The highest BCUT2D eigenvalue weighted by atomic mass is 32.1. The van der Waals surface area contributed by atoms with Gasteiger partial charge >= 0.3 is 0 Å². The Labute approximate surface area is 142 Å². The number of hydrogen-bond donors (Lipinski definition) is 1. The van der Waals surface area contributed by atoms with Gasteiger partial charge in [-0.25, -0.2) is 0 Å². The number of nitriles is 1. The number of carbonyl (C=O) groups excluding carboxylic acids is 1. The highest BCUT2D eigenvalue weighted by Crippen LogP contribution is 2.39. The summed E-state index contributed by atoms with van der Waals surface area (Å²) < 4.78 is 0. The van der Waals surface area contributed by atoms with Crippen LogP contribution in [0.4, 0.5) is 5.00 Å². The summed E-state index contributed by atoms with van der Waals surface area (Å²) in [5.74, 6) is 0.698. The monoisotopic (exact) mass is 331 g/mol. The fourth-order valence-electron chi connectivity index (χ4n) is 3.62. The average Bonchev–Trinajstić information content (AvgIpc) is 2.68. The number of likely N-dealkylation sites (tertiary alicyclic amines) is 1. The number of fused-ring (bicyclic) bond motifs is 1. The van der Waals surface area contributed by atoms with Gasteiger partial charge in [-0.1, -0.05) is 19.8 Å². The Morgan fingerprint density at radius 3 is 2.78 bits per heavy atom. The number of hydrogen-bond acceptors (Lipinski definition) is 4. The van der Waals surface area contributed by atoms with Crippen LogP contribution in [0.1, 0.15) is 55.0 Å². The molecule has 1 unspecified atom stereocenters. The zero-order valence-electron chi connectivity index (χ0n) is 13.9. The molecule has 1 aliphatic heterocycles. The zero-order valence-corrected chi connectivity index (χ0v) is 14.7. The molecule has 2 heterocycles. The molecule has 0 bridgehead atoms. The van der Waals surface area contributed by atoms with E-state index in [0.717, 1.165) is 37.4 Å². The molecule has 23 heavy (non-hydrogen) atoms. The van der Waals surface area contributed by atoms with Gasteiger partial charge in [0.25, 0.3) is 0 Å². The van der Waals surface area contributed by atoms with E-state index >= 15 is 0 Å². The quantitative estimate of drug-likeness (QED) is 0.921. The van der Waals surface area contributed by atoms with E-state index in [9.17, 15) is 10.1 Å². The summed E-state index contributed by atoms with van der Waals surface area (Å²) in [6.07, 6.45) is 8.05. The van der Waals surface area contributed by atoms with Crippen LogP contribution < -0.4 is 5.32 Å². The first-order chi connectivity index (χ1) is 11.2. The summed E-state index contributed by atoms with van der Waals surface area (Å²) >= 11 is 1.61. The molecule has 1 aromatic heterocycles. The first kappa shape index (κ1) is 16.5. The number of nitrogens with one attached hydrogen (secondary N) is 1. The molecule has 1 atom stereocenters. The molecule has 0 aromatic carbocycles. The van der Waals surface area contributed by atoms with Crippen LogP contribution in [-0.2, 0) is 17.6 Å². The number of amides is 1. The van der Waals surface area contributed by atoms with Crippen molar-refractivity contribution in [1.29, 1.82) is 5.26 Å². The van der Waals surface area contributed by atoms with Gasteiger partial charge in [0.1, 0.15) is 11.1 Å². The van der Waals surface area contributed by atoms with Gasteiger partial charge in [0.15, 0.2) is 0 Å². The minimum absolute atomic E-state index is 0.0232. The van der Waals surface area contributed by atoms with Crippen molar-refractivity contribution in [3.8, 4) is 6.07 Å². The first-order valence-electron chi connectivity index (χ1n) is 8.74. The Kier molecular flexibility index (Phi) is 5.34. The summed E-state index contributed by atoms with van der Waals surface area (Å²) in [5.41, 5.74) is 1.89. The molecule has 1 saturated heterocycles. The minimum atomic E-state index is 0.0232. The standard InChI is InChI=1S/C18H25N3OS/c1-13-6-7-14-15(11-19)18(23-16(14)10-13)20-17(22)12-21-8-4-2-3-5-9-21/h13H,2-10,12H2,1H3,(H,20,22). The molecule has 0 saturated carbocycles. The van der Waals surface area contributed by atoms with E-state index in [1.165, 1.54) is 36.1 Å². The smallest absolute Gasteiger partial charge is 0.239 e. The molecule has 1 aliphatic carbocycles. The van der Waals surface area contributed by atoms with Gasteiger partial charge in [-0.2, -0.15) is 5.26 Å². The van der Waals surface area contributed by atoms with E-state index < -0.39 is 0 Å². The van der Waals surface area contributed by atoms with E-state index in [1.807, 2.05) is 0 Å². The summed E-state index contributed by atoms with van der Waals surface area (Å²) in [6, 6.07) is 2.32. The molecule has 1 N–H and O–H groups in total. The van der Waals surface area contributed by atoms with Crippen molar-refractivity contribution in [2.45, 2.75) is 51.9 Å². The normalized spacial score (nSPS) is 22.0. The Hall–Kier alpha value is -1.38. The molecule has 5 heteroatoms. The van der Waals surface area contributed by atoms with Gasteiger partial charge in [0.2, 0.25) is 5.91 Å². The molecule has 1 amide bonds. The fraction of sp³-hybridized carbons (Fsp3) is 0.667. The molecule has 4 nitrogen and oxygen atoms in total. The molecule has 1 fully saturated rings. The van der Waals surface area contributed by atoms with Crippen molar-refractivity contribution >= 4 is 22.2 Å². The van der Waals surface area contributed by atoms with Crippen molar-refractivity contribution in [1.82, 2.24) is 4.90 Å². The van der Waals surface area contributed by atoms with Gasteiger partial charge in [0.05, 0.1) is 12.1 Å². The third-order valence-corrected chi connectivity index (χ3v) is 6.11. The molecule has 1 aromatic rings. The van der Waals surface area contributed by atoms with Gasteiger partial charge < -0.3 is 5.32 Å². The summed E-state index contributed by atoms with van der Waals surface area (Å²) in [5, 5.41) is 13.3. The molecule has 0 radical (unpaired) electrons. The lowest BCUT2D eigenvalue weighted by Gasteiger charge is -2.18. The number of carbonyl (C=O) groups is 1. The molecule has 3 rings (SSSR count). The number of thiophene rings is 1. The largest absolute Gasteiger partial charge is 0.315 e. The minimum Gasteiger partial charge on any atom is -0.315 e. The number of nitrogens with zero attached hydrogens (tertiary/aromatic N) is 2. The molecular formula is C18H25N3OS. The second-order valence-electron chi connectivity index (χ2n) is 6.91. The molecule has 2 aliphatic rings. The highest BCUT2D eigenvalue weighted by Gasteiger charge is 2.25. The predicted octanol–water partition coefficient (Wildman–Crippen LogP) is 3.56. The van der Waals surface area contributed by atoms with E-state index in [4.69, 9.17) is 0 Å². The predicted molar refractivity (Wildman–Crippen MR) is 93.8 cm³/mol. The third kappa shape index (κ3) is 3.94. The maximum Gasteiger partial charge on any atom is 0.239 e. The number of rotatable bonds is 3. The fourth-order valence-corrected chi connectivity index (χ4v) is 5.00. The Bertz CT molecular complexity index is 609. The van der Waals surface area contributed by atoms with Crippen LogP contribution in [-0.4, -0.2) is 30.4 Å². The van der Waals surface area contributed by atoms with Crippen molar-refractivity contribution in [2.75, 3.05) is 25.0 Å². The summed E-state index contributed by atoms with van der Waals surface area (Å²) in [6.45, 7) is 4.73. The van der Waals surface area contributed by atoms with Crippen LogP contribution in [0.3, 0.4) is 0 Å². The molecular weight excluding hydrogens is 306 g/mol. The van der Waals surface area contributed by atoms with Crippen LogP contribution in [0.25, 0.3) is 0 Å². The van der Waals surface area contributed by atoms with E-state index in [1.54, 1.807) is 11.3 Å². The van der Waals surface area contributed by atoms with Crippen molar-refractivity contribution in [3.63, 3.8) is 0 Å². The topological polar surface area (TPSA) is 56.1 Å². The van der Waals surface area contributed by atoms with Gasteiger partial charge in [0, 0.05) is 4.88 Å². The van der Waals surface area contributed by atoms with Crippen LogP contribution in [0.5, 0.6) is 0 Å². The lowest BCUT2D eigenvalue weighted by molar-refractivity contribution is -0.117. The van der Waals surface area contributed by atoms with Crippen LogP contribution >= 0.6 is 11.3 Å². The Balaban J connectivity index is 1.67. The van der Waals surface area contributed by atoms with E-state index in [0.29, 0.717) is 18.0 Å². The third-order valence-electron chi connectivity index (χ3n) is 4.94. The Morgan fingerprint density at radius 1 is 1.35 bits per heavy atom. The van der Waals surface area contributed by atoms with E-state index in [-0.39, 0.29) is 5.91 Å². The average molecular weight is 331 g/mol. The lowest BCUT2D eigenvalue weighted by Crippen LogP contribution is -2.33. The summed E-state index contributed by atoms with van der Waals surface area (Å²) in [4.78, 5) is 15.9. The lowest BCUT2D eigenvalue weighted by atomic mass is 9.89. The SMILES string of the molecule is CC1CCc2c(sc(NC(=O)CN3CCCCCC3)c2C#N)C1. The van der Waals surface area contributed by atoms with Crippen molar-refractivity contribution < 1.29 is 4.79 Å².